The Morgan fingerprint density at radius 3 is 2.42 bits per heavy atom. The normalized spacial score (nSPS) is 13.4. The van der Waals surface area contributed by atoms with Crippen molar-refractivity contribution in [2.45, 2.75) is 46.3 Å². The predicted molar refractivity (Wildman–Crippen MR) is 82.8 cm³/mol. The van der Waals surface area contributed by atoms with Gasteiger partial charge in [-0.05, 0) is 46.2 Å². The molecule has 0 aromatic heterocycles. The Kier molecular flexibility index (Phi) is 5.83. The Hall–Kier alpha value is -1.06. The molecule has 0 bridgehead atoms. The number of aliphatic hydroxyl groups is 1. The molecule has 1 unspecified atom stereocenters. The smallest absolute Gasteiger partial charge is 0.0839 e. The van der Waals surface area contributed by atoms with E-state index >= 15 is 0 Å². The van der Waals surface area contributed by atoms with Crippen LogP contribution >= 0.6 is 0 Å². The molecule has 0 radical (unpaired) electrons. The number of anilines is 1. The number of nitrogens with one attached hydrogen (secondary N) is 1. The van der Waals surface area contributed by atoms with Gasteiger partial charge in [0, 0.05) is 30.9 Å². The second-order valence-corrected chi connectivity index (χ2v) is 6.11. The second-order valence-electron chi connectivity index (χ2n) is 6.11. The summed E-state index contributed by atoms with van der Waals surface area (Å²) >= 11 is 0. The lowest BCUT2D eigenvalue weighted by Crippen LogP contribution is -2.45. The first-order valence-corrected chi connectivity index (χ1v) is 7.07. The van der Waals surface area contributed by atoms with Gasteiger partial charge in [0.05, 0.1) is 6.10 Å². The molecule has 1 atom stereocenters. The van der Waals surface area contributed by atoms with Gasteiger partial charge in [0.25, 0.3) is 0 Å². The van der Waals surface area contributed by atoms with E-state index in [1.54, 1.807) is 0 Å². The van der Waals surface area contributed by atoms with Crippen LogP contribution in [-0.2, 0) is 0 Å². The summed E-state index contributed by atoms with van der Waals surface area (Å²) < 4.78 is 0. The molecule has 3 nitrogen and oxygen atoms in total. The number of benzene rings is 1. The molecule has 3 heteroatoms. The number of rotatable bonds is 6. The van der Waals surface area contributed by atoms with E-state index in [2.05, 4.69) is 57.0 Å². The van der Waals surface area contributed by atoms with E-state index < -0.39 is 0 Å². The van der Waals surface area contributed by atoms with Crippen LogP contribution in [-0.4, -0.2) is 36.4 Å². The molecule has 0 amide bonds. The minimum Gasteiger partial charge on any atom is -0.390 e. The van der Waals surface area contributed by atoms with Crippen LogP contribution in [0.15, 0.2) is 24.3 Å². The van der Waals surface area contributed by atoms with Crippen LogP contribution in [0.3, 0.4) is 0 Å². The molecule has 0 spiro atoms. The van der Waals surface area contributed by atoms with Crippen molar-refractivity contribution in [3.05, 3.63) is 29.8 Å². The zero-order valence-corrected chi connectivity index (χ0v) is 12.9. The van der Waals surface area contributed by atoms with Crippen LogP contribution in [0.25, 0.3) is 0 Å². The molecule has 0 heterocycles. The van der Waals surface area contributed by atoms with Gasteiger partial charge in [-0.15, -0.1) is 0 Å². The van der Waals surface area contributed by atoms with Gasteiger partial charge in [-0.25, -0.2) is 0 Å². The molecule has 0 saturated heterocycles. The highest BCUT2D eigenvalue weighted by Crippen LogP contribution is 2.19. The Bertz CT molecular complexity index is 385. The average molecular weight is 264 g/mol. The first-order valence-electron chi connectivity index (χ1n) is 7.07. The fraction of sp³-hybridized carbons (Fsp3) is 0.625. The minimum absolute atomic E-state index is 0.0423. The molecule has 1 aromatic rings. The summed E-state index contributed by atoms with van der Waals surface area (Å²) in [5.41, 5.74) is 2.50. The third-order valence-corrected chi connectivity index (χ3v) is 3.14. The fourth-order valence-corrected chi connectivity index (χ4v) is 2.06. The van der Waals surface area contributed by atoms with Crippen molar-refractivity contribution in [2.75, 3.05) is 24.5 Å². The molecule has 0 fully saturated rings. The maximum absolute atomic E-state index is 10.2. The number of likely N-dealkylation sites (N-methyl/N-ethyl adjacent to an activating group) is 1. The molecular formula is C16H28N2O. The Labute approximate surface area is 117 Å². The molecule has 0 aliphatic carbocycles. The minimum atomic E-state index is -0.362. The number of hydrogen-bond acceptors (Lipinski definition) is 3. The number of aliphatic hydroxyl groups excluding tert-OH is 1. The van der Waals surface area contributed by atoms with E-state index in [1.807, 2.05) is 12.1 Å². The zero-order valence-electron chi connectivity index (χ0n) is 12.9. The predicted octanol–water partition coefficient (Wildman–Crippen LogP) is 2.57. The van der Waals surface area contributed by atoms with Crippen molar-refractivity contribution in [2.24, 2.45) is 0 Å². The van der Waals surface area contributed by atoms with Gasteiger partial charge in [-0.3, -0.25) is 0 Å². The van der Waals surface area contributed by atoms with E-state index in [0.717, 1.165) is 6.54 Å². The maximum Gasteiger partial charge on any atom is 0.0839 e. The van der Waals surface area contributed by atoms with Gasteiger partial charge >= 0.3 is 0 Å². The first-order chi connectivity index (χ1) is 8.83. The van der Waals surface area contributed by atoms with E-state index in [0.29, 0.717) is 13.1 Å². The third-order valence-electron chi connectivity index (χ3n) is 3.14. The van der Waals surface area contributed by atoms with Crippen molar-refractivity contribution in [3.63, 3.8) is 0 Å². The highest BCUT2D eigenvalue weighted by molar-refractivity contribution is 5.52. The summed E-state index contributed by atoms with van der Waals surface area (Å²) in [5.74, 6) is 0. The summed E-state index contributed by atoms with van der Waals surface area (Å²) in [4.78, 5) is 2.23. The first kappa shape index (κ1) is 16.0. The number of para-hydroxylation sites is 1. The van der Waals surface area contributed by atoms with Crippen LogP contribution in [0.4, 0.5) is 5.69 Å². The molecule has 0 aliphatic heterocycles. The summed E-state index contributed by atoms with van der Waals surface area (Å²) in [6.45, 7) is 12.7. The van der Waals surface area contributed by atoms with Crippen molar-refractivity contribution in [3.8, 4) is 0 Å². The summed E-state index contributed by atoms with van der Waals surface area (Å²) in [7, 11) is 0. The average Bonchev–Trinajstić information content (AvgIpc) is 2.33. The largest absolute Gasteiger partial charge is 0.390 e. The SMILES string of the molecule is CCN(CC(O)CNC(C)(C)C)c1ccccc1C. The van der Waals surface area contributed by atoms with Crippen molar-refractivity contribution < 1.29 is 5.11 Å². The van der Waals surface area contributed by atoms with Crippen LogP contribution in [0.1, 0.15) is 33.3 Å². The molecule has 0 aliphatic rings. The second kappa shape index (κ2) is 6.92. The molecule has 1 rings (SSSR count). The fourth-order valence-electron chi connectivity index (χ4n) is 2.06. The standard InChI is InChI=1S/C16H28N2O/c1-6-18(15-10-8-7-9-13(15)2)12-14(19)11-17-16(3,4)5/h7-10,14,17,19H,6,11-12H2,1-5H3. The lowest BCUT2D eigenvalue weighted by atomic mass is 10.1. The Morgan fingerprint density at radius 2 is 1.89 bits per heavy atom. The molecule has 1 aromatic carbocycles. The van der Waals surface area contributed by atoms with Gasteiger partial charge < -0.3 is 15.3 Å². The van der Waals surface area contributed by atoms with E-state index in [4.69, 9.17) is 0 Å². The van der Waals surface area contributed by atoms with Gasteiger partial charge in [0.2, 0.25) is 0 Å². The van der Waals surface area contributed by atoms with Gasteiger partial charge in [-0.2, -0.15) is 0 Å². The molecule has 19 heavy (non-hydrogen) atoms. The highest BCUT2D eigenvalue weighted by atomic mass is 16.3. The molecule has 2 N–H and O–H groups in total. The van der Waals surface area contributed by atoms with Crippen molar-refractivity contribution >= 4 is 5.69 Å². The number of hydrogen-bond donors (Lipinski definition) is 2. The number of nitrogens with zero attached hydrogens (tertiary/aromatic N) is 1. The van der Waals surface area contributed by atoms with Gasteiger partial charge in [-0.1, -0.05) is 18.2 Å². The maximum atomic E-state index is 10.2. The molecular weight excluding hydrogens is 236 g/mol. The van der Waals surface area contributed by atoms with Gasteiger partial charge in [0.15, 0.2) is 0 Å². The van der Waals surface area contributed by atoms with E-state index in [1.165, 1.54) is 11.3 Å². The van der Waals surface area contributed by atoms with Crippen LogP contribution in [0.2, 0.25) is 0 Å². The van der Waals surface area contributed by atoms with Crippen molar-refractivity contribution in [1.82, 2.24) is 5.32 Å². The summed E-state index contributed by atoms with van der Waals surface area (Å²) in [6.07, 6.45) is -0.362. The van der Waals surface area contributed by atoms with Crippen LogP contribution in [0.5, 0.6) is 0 Å². The third kappa shape index (κ3) is 5.62. The summed E-state index contributed by atoms with van der Waals surface area (Å²) in [5, 5.41) is 13.5. The van der Waals surface area contributed by atoms with Gasteiger partial charge in [0.1, 0.15) is 0 Å². The lowest BCUT2D eigenvalue weighted by molar-refractivity contribution is 0.166. The Balaban J connectivity index is 2.60. The molecule has 108 valence electrons. The zero-order chi connectivity index (χ0) is 14.5. The quantitative estimate of drug-likeness (QED) is 0.829. The topological polar surface area (TPSA) is 35.5 Å². The lowest BCUT2D eigenvalue weighted by Gasteiger charge is -2.29. The number of β-amino-alcohol motifs (C(OH)–C–C–N with tert-alkyl or cyclic N) is 1. The summed E-state index contributed by atoms with van der Waals surface area (Å²) in [6, 6.07) is 8.32. The monoisotopic (exact) mass is 264 g/mol. The van der Waals surface area contributed by atoms with Crippen LogP contribution < -0.4 is 10.2 Å². The Morgan fingerprint density at radius 1 is 1.26 bits per heavy atom. The molecule has 0 saturated carbocycles. The number of aryl methyl sites for hydroxylation is 1. The van der Waals surface area contributed by atoms with E-state index in [9.17, 15) is 5.11 Å². The highest BCUT2D eigenvalue weighted by Gasteiger charge is 2.15. The van der Waals surface area contributed by atoms with Crippen molar-refractivity contribution in [1.29, 1.82) is 0 Å². The van der Waals surface area contributed by atoms with Crippen LogP contribution in [0, 0.1) is 6.92 Å². The van der Waals surface area contributed by atoms with E-state index in [-0.39, 0.29) is 11.6 Å².